The Morgan fingerprint density at radius 2 is 2.29 bits per heavy atom. The summed E-state index contributed by atoms with van der Waals surface area (Å²) in [6.45, 7) is 0. The van der Waals surface area contributed by atoms with Gasteiger partial charge in [0.2, 0.25) is 4.96 Å². The molecule has 0 unspecified atom stereocenters. The summed E-state index contributed by atoms with van der Waals surface area (Å²) in [5.74, 6) is -0.328. The molecule has 0 aliphatic rings. The standard InChI is InChI=1S/C11H6FN3OS/c12-8-3-1-2-7(4-8)5-9-10(16)15-11(17-9)13-6-14-15/h1-6H/b9-5+. The summed E-state index contributed by atoms with van der Waals surface area (Å²) >= 11 is 1.23. The molecular formula is C11H6FN3OS. The highest BCUT2D eigenvalue weighted by Gasteiger charge is 2.04. The van der Waals surface area contributed by atoms with Crippen LogP contribution in [0.3, 0.4) is 0 Å². The summed E-state index contributed by atoms with van der Waals surface area (Å²) in [6, 6.07) is 6.06. The molecule has 1 aromatic carbocycles. The molecule has 0 amide bonds. The van der Waals surface area contributed by atoms with Crippen molar-refractivity contribution in [3.63, 3.8) is 0 Å². The van der Waals surface area contributed by atoms with Crippen LogP contribution in [-0.2, 0) is 0 Å². The molecule has 0 radical (unpaired) electrons. The van der Waals surface area contributed by atoms with Crippen molar-refractivity contribution in [1.29, 1.82) is 0 Å². The summed E-state index contributed by atoms with van der Waals surface area (Å²) < 4.78 is 14.7. The van der Waals surface area contributed by atoms with Crippen molar-refractivity contribution in [2.75, 3.05) is 0 Å². The van der Waals surface area contributed by atoms with E-state index in [0.29, 0.717) is 15.1 Å². The molecular weight excluding hydrogens is 241 g/mol. The third kappa shape index (κ3) is 1.72. The second kappa shape index (κ2) is 3.74. The number of nitrogens with zero attached hydrogens (tertiary/aromatic N) is 3. The fourth-order valence-corrected chi connectivity index (χ4v) is 2.41. The van der Waals surface area contributed by atoms with Gasteiger partial charge in [-0.25, -0.2) is 9.37 Å². The highest BCUT2D eigenvalue weighted by molar-refractivity contribution is 7.15. The number of thiazole rings is 1. The Kier molecular flexibility index (Phi) is 2.22. The van der Waals surface area contributed by atoms with E-state index in [4.69, 9.17) is 0 Å². The van der Waals surface area contributed by atoms with Crippen LogP contribution in [0.15, 0.2) is 35.4 Å². The first-order valence-electron chi connectivity index (χ1n) is 4.84. The Labute approximate surface area is 98.7 Å². The van der Waals surface area contributed by atoms with E-state index in [0.717, 1.165) is 0 Å². The average molecular weight is 247 g/mol. The Balaban J connectivity index is 2.24. The molecule has 2 aromatic heterocycles. The zero-order valence-electron chi connectivity index (χ0n) is 8.50. The molecule has 84 valence electrons. The van der Waals surface area contributed by atoms with Crippen molar-refractivity contribution >= 4 is 22.4 Å². The highest BCUT2D eigenvalue weighted by atomic mass is 32.1. The molecule has 4 nitrogen and oxygen atoms in total. The normalized spacial score (nSPS) is 12.4. The molecule has 0 fully saturated rings. The first-order valence-corrected chi connectivity index (χ1v) is 5.65. The SMILES string of the molecule is O=c1/c(=C\c2cccc(F)c2)sc2ncnn12. The molecule has 0 bridgehead atoms. The van der Waals surface area contributed by atoms with Crippen LogP contribution in [0.25, 0.3) is 11.0 Å². The summed E-state index contributed by atoms with van der Waals surface area (Å²) in [7, 11) is 0. The molecule has 0 saturated carbocycles. The van der Waals surface area contributed by atoms with E-state index in [1.807, 2.05) is 0 Å². The number of benzene rings is 1. The fourth-order valence-electron chi connectivity index (χ4n) is 1.53. The van der Waals surface area contributed by atoms with E-state index in [-0.39, 0.29) is 11.4 Å². The van der Waals surface area contributed by atoms with Crippen molar-refractivity contribution < 1.29 is 4.39 Å². The van der Waals surface area contributed by atoms with Crippen molar-refractivity contribution in [3.05, 3.63) is 56.9 Å². The van der Waals surface area contributed by atoms with E-state index in [2.05, 4.69) is 10.1 Å². The van der Waals surface area contributed by atoms with Crippen LogP contribution >= 0.6 is 11.3 Å². The topological polar surface area (TPSA) is 47.3 Å². The van der Waals surface area contributed by atoms with Crippen LogP contribution in [0.1, 0.15) is 5.56 Å². The monoisotopic (exact) mass is 247 g/mol. The van der Waals surface area contributed by atoms with Gasteiger partial charge in [-0.05, 0) is 23.8 Å². The van der Waals surface area contributed by atoms with Crippen molar-refractivity contribution in [1.82, 2.24) is 14.6 Å². The van der Waals surface area contributed by atoms with Gasteiger partial charge in [0, 0.05) is 0 Å². The maximum Gasteiger partial charge on any atom is 0.291 e. The van der Waals surface area contributed by atoms with Crippen LogP contribution < -0.4 is 10.1 Å². The van der Waals surface area contributed by atoms with Gasteiger partial charge in [-0.2, -0.15) is 9.61 Å². The number of hydrogen-bond acceptors (Lipinski definition) is 4. The van der Waals surface area contributed by atoms with Crippen LogP contribution in [-0.4, -0.2) is 14.6 Å². The molecule has 3 aromatic rings. The highest BCUT2D eigenvalue weighted by Crippen LogP contribution is 2.04. The quantitative estimate of drug-likeness (QED) is 0.640. The lowest BCUT2D eigenvalue weighted by atomic mass is 10.2. The lowest BCUT2D eigenvalue weighted by molar-refractivity contribution is 0.627. The van der Waals surface area contributed by atoms with Crippen molar-refractivity contribution in [2.24, 2.45) is 0 Å². The lowest BCUT2D eigenvalue weighted by Crippen LogP contribution is -2.23. The lowest BCUT2D eigenvalue weighted by Gasteiger charge is -1.90. The molecule has 0 N–H and O–H groups in total. The Morgan fingerprint density at radius 3 is 3.06 bits per heavy atom. The van der Waals surface area contributed by atoms with E-state index in [1.165, 1.54) is 34.3 Å². The molecule has 0 atom stereocenters. The second-order valence-electron chi connectivity index (χ2n) is 3.43. The molecule has 6 heteroatoms. The average Bonchev–Trinajstić information content (AvgIpc) is 2.84. The summed E-state index contributed by atoms with van der Waals surface area (Å²) in [5.41, 5.74) is 0.415. The fraction of sp³-hybridized carbons (Fsp3) is 0. The first kappa shape index (κ1) is 10.1. The van der Waals surface area contributed by atoms with Gasteiger partial charge >= 0.3 is 0 Å². The zero-order valence-corrected chi connectivity index (χ0v) is 9.32. The van der Waals surface area contributed by atoms with E-state index >= 15 is 0 Å². The molecule has 0 aliphatic heterocycles. The number of fused-ring (bicyclic) bond motifs is 1. The van der Waals surface area contributed by atoms with Gasteiger partial charge in [-0.15, -0.1) is 0 Å². The van der Waals surface area contributed by atoms with Crippen LogP contribution in [0, 0.1) is 5.82 Å². The Morgan fingerprint density at radius 1 is 1.41 bits per heavy atom. The molecule has 17 heavy (non-hydrogen) atoms. The minimum atomic E-state index is -0.328. The van der Waals surface area contributed by atoms with E-state index < -0.39 is 0 Å². The smallest absolute Gasteiger partial charge is 0.266 e. The number of aromatic nitrogens is 3. The van der Waals surface area contributed by atoms with Crippen molar-refractivity contribution in [2.45, 2.75) is 0 Å². The first-order chi connectivity index (χ1) is 8.24. The predicted octanol–water partition coefficient (Wildman–Crippen LogP) is 0.838. The van der Waals surface area contributed by atoms with Gasteiger partial charge in [0.25, 0.3) is 5.56 Å². The van der Waals surface area contributed by atoms with Crippen LogP contribution in [0.4, 0.5) is 4.39 Å². The number of rotatable bonds is 1. The minimum absolute atomic E-state index is 0.230. The van der Waals surface area contributed by atoms with Gasteiger partial charge in [0.05, 0.1) is 4.53 Å². The third-order valence-electron chi connectivity index (χ3n) is 2.27. The van der Waals surface area contributed by atoms with Gasteiger partial charge in [0.15, 0.2) is 0 Å². The summed E-state index contributed by atoms with van der Waals surface area (Å²) in [4.78, 5) is 16.3. The largest absolute Gasteiger partial charge is 0.291 e. The third-order valence-corrected chi connectivity index (χ3v) is 3.24. The maximum absolute atomic E-state index is 13.0. The molecule has 2 heterocycles. The van der Waals surface area contributed by atoms with Gasteiger partial charge in [0.1, 0.15) is 12.1 Å². The van der Waals surface area contributed by atoms with Gasteiger partial charge in [-0.3, -0.25) is 4.79 Å². The second-order valence-corrected chi connectivity index (χ2v) is 4.43. The molecule has 0 aliphatic carbocycles. The maximum atomic E-state index is 13.0. The predicted molar refractivity (Wildman–Crippen MR) is 62.3 cm³/mol. The number of hydrogen-bond donors (Lipinski definition) is 0. The Hall–Kier alpha value is -2.08. The number of halogens is 1. The van der Waals surface area contributed by atoms with E-state index in [1.54, 1.807) is 18.2 Å². The van der Waals surface area contributed by atoms with Gasteiger partial charge < -0.3 is 0 Å². The van der Waals surface area contributed by atoms with Crippen molar-refractivity contribution in [3.8, 4) is 0 Å². The zero-order chi connectivity index (χ0) is 11.8. The minimum Gasteiger partial charge on any atom is -0.266 e. The summed E-state index contributed by atoms with van der Waals surface area (Å²) in [5, 5.41) is 3.81. The summed E-state index contributed by atoms with van der Waals surface area (Å²) in [6.07, 6.45) is 2.96. The molecule has 3 rings (SSSR count). The molecule has 0 spiro atoms. The van der Waals surface area contributed by atoms with Crippen LogP contribution in [0.5, 0.6) is 0 Å². The van der Waals surface area contributed by atoms with Gasteiger partial charge in [-0.1, -0.05) is 23.5 Å². The van der Waals surface area contributed by atoms with Crippen LogP contribution in [0.2, 0.25) is 0 Å². The Bertz CT molecular complexity index is 793. The van der Waals surface area contributed by atoms with E-state index in [9.17, 15) is 9.18 Å². The molecule has 0 saturated heterocycles.